The highest BCUT2D eigenvalue weighted by atomic mass is 16.3. The minimum absolute atomic E-state index is 0.169. The first kappa shape index (κ1) is 16.0. The van der Waals surface area contributed by atoms with E-state index in [0.29, 0.717) is 11.1 Å². The quantitative estimate of drug-likeness (QED) is 0.377. The number of aromatic hydroxyl groups is 2. The van der Waals surface area contributed by atoms with Crippen LogP contribution in [-0.2, 0) is 0 Å². The van der Waals surface area contributed by atoms with E-state index in [1.54, 1.807) is 24.9 Å². The molecule has 0 saturated carbocycles. The fourth-order valence-corrected chi connectivity index (χ4v) is 3.06. The lowest BCUT2D eigenvalue weighted by Gasteiger charge is -2.08. The van der Waals surface area contributed by atoms with E-state index in [1.165, 1.54) is 0 Å². The maximum atomic E-state index is 10.1. The molecule has 3 N–H and O–H groups in total. The van der Waals surface area contributed by atoms with Gasteiger partial charge < -0.3 is 10.2 Å². The molecule has 0 unspecified atom stereocenters. The Morgan fingerprint density at radius 2 is 1.19 bits per heavy atom. The van der Waals surface area contributed by atoms with Crippen molar-refractivity contribution in [3.63, 3.8) is 0 Å². The standard InChI is InChI=1S/C22H17N2O2/c25-21-11-9-15-5-1-3-7-17(15)19(21)13-23-24-14-20-18-8-4-2-6-16(18)10-12-22(20)26/h1-14,23,25-26H. The Morgan fingerprint density at radius 1 is 0.654 bits per heavy atom. The second-order valence-corrected chi connectivity index (χ2v) is 5.97. The molecular formula is C22H17N2O2. The molecule has 0 aliphatic rings. The Balaban J connectivity index is 1.60. The SMILES string of the molecule is Oc1ccc2ccccc2c1[CH]NN=Cc1c(O)ccc2ccccc12. The number of hydrazone groups is 1. The van der Waals surface area contributed by atoms with E-state index < -0.39 is 0 Å². The molecule has 0 spiro atoms. The number of hydrogen-bond donors (Lipinski definition) is 3. The normalized spacial score (nSPS) is 11.4. The van der Waals surface area contributed by atoms with Crippen molar-refractivity contribution in [2.45, 2.75) is 0 Å². The van der Waals surface area contributed by atoms with Gasteiger partial charge in [-0.3, -0.25) is 5.43 Å². The van der Waals surface area contributed by atoms with Gasteiger partial charge in [-0.25, -0.2) is 0 Å². The molecule has 4 rings (SSSR count). The lowest BCUT2D eigenvalue weighted by molar-refractivity contribution is 0.471. The molecule has 4 aromatic carbocycles. The van der Waals surface area contributed by atoms with Crippen LogP contribution < -0.4 is 5.43 Å². The molecule has 4 nitrogen and oxygen atoms in total. The number of benzene rings is 4. The van der Waals surface area contributed by atoms with Crippen molar-refractivity contribution in [1.82, 2.24) is 5.43 Å². The van der Waals surface area contributed by atoms with Gasteiger partial charge >= 0.3 is 0 Å². The summed E-state index contributed by atoms with van der Waals surface area (Å²) in [5.41, 5.74) is 4.16. The third-order valence-corrected chi connectivity index (χ3v) is 4.37. The third-order valence-electron chi connectivity index (χ3n) is 4.37. The van der Waals surface area contributed by atoms with Crippen molar-refractivity contribution < 1.29 is 10.2 Å². The van der Waals surface area contributed by atoms with Crippen LogP contribution in [0, 0.1) is 6.54 Å². The Kier molecular flexibility index (Phi) is 4.15. The average molecular weight is 341 g/mol. The maximum absolute atomic E-state index is 10.1. The Labute approximate surface area is 151 Å². The van der Waals surface area contributed by atoms with Gasteiger partial charge in [0.1, 0.15) is 11.5 Å². The predicted octanol–water partition coefficient (Wildman–Crippen LogP) is 4.54. The van der Waals surface area contributed by atoms with Gasteiger partial charge in [0.25, 0.3) is 0 Å². The number of fused-ring (bicyclic) bond motifs is 2. The van der Waals surface area contributed by atoms with E-state index >= 15 is 0 Å². The van der Waals surface area contributed by atoms with Crippen LogP contribution in [0.3, 0.4) is 0 Å². The first-order valence-electron chi connectivity index (χ1n) is 8.27. The predicted molar refractivity (Wildman–Crippen MR) is 105 cm³/mol. The molecule has 0 bridgehead atoms. The Bertz CT molecular complexity index is 1120. The van der Waals surface area contributed by atoms with Gasteiger partial charge in [0.2, 0.25) is 0 Å². The summed E-state index contributed by atoms with van der Waals surface area (Å²) < 4.78 is 0. The minimum Gasteiger partial charge on any atom is -0.508 e. The summed E-state index contributed by atoms with van der Waals surface area (Å²) in [6, 6.07) is 22.7. The molecule has 1 radical (unpaired) electrons. The van der Waals surface area contributed by atoms with E-state index in [4.69, 9.17) is 0 Å². The van der Waals surface area contributed by atoms with E-state index in [9.17, 15) is 10.2 Å². The van der Waals surface area contributed by atoms with Crippen LogP contribution in [-0.4, -0.2) is 16.4 Å². The van der Waals surface area contributed by atoms with Crippen LogP contribution >= 0.6 is 0 Å². The van der Waals surface area contributed by atoms with E-state index in [1.807, 2.05) is 60.7 Å². The summed E-state index contributed by atoms with van der Waals surface area (Å²) in [6.45, 7) is 1.65. The van der Waals surface area contributed by atoms with Crippen molar-refractivity contribution in [3.8, 4) is 11.5 Å². The largest absolute Gasteiger partial charge is 0.508 e. The monoisotopic (exact) mass is 341 g/mol. The average Bonchev–Trinajstić information content (AvgIpc) is 2.68. The summed E-state index contributed by atoms with van der Waals surface area (Å²) in [5, 5.41) is 28.4. The second-order valence-electron chi connectivity index (χ2n) is 5.97. The first-order chi connectivity index (χ1) is 12.7. The van der Waals surface area contributed by atoms with Crippen LogP contribution in [0.5, 0.6) is 11.5 Å². The lowest BCUT2D eigenvalue weighted by Crippen LogP contribution is -2.04. The summed E-state index contributed by atoms with van der Waals surface area (Å²) in [7, 11) is 0. The van der Waals surface area contributed by atoms with Gasteiger partial charge in [0.15, 0.2) is 0 Å². The van der Waals surface area contributed by atoms with Gasteiger partial charge in [0.05, 0.1) is 12.8 Å². The minimum atomic E-state index is 0.169. The topological polar surface area (TPSA) is 64.8 Å². The van der Waals surface area contributed by atoms with Gasteiger partial charge in [-0.1, -0.05) is 60.7 Å². The molecule has 0 heterocycles. The number of phenolic OH excluding ortho intramolecular Hbond substituents is 2. The van der Waals surface area contributed by atoms with Crippen LogP contribution in [0.4, 0.5) is 0 Å². The molecule has 0 aliphatic heterocycles. The summed E-state index contributed by atoms with van der Waals surface area (Å²) in [4.78, 5) is 0. The second kappa shape index (κ2) is 6.76. The summed E-state index contributed by atoms with van der Waals surface area (Å²) >= 11 is 0. The van der Waals surface area contributed by atoms with Gasteiger partial charge in [-0.15, -0.1) is 0 Å². The Morgan fingerprint density at radius 3 is 1.85 bits per heavy atom. The number of nitrogens with one attached hydrogen (secondary N) is 1. The molecule has 0 saturated heterocycles. The van der Waals surface area contributed by atoms with Crippen molar-refractivity contribution >= 4 is 27.8 Å². The van der Waals surface area contributed by atoms with Crippen molar-refractivity contribution in [2.75, 3.05) is 0 Å². The van der Waals surface area contributed by atoms with Crippen molar-refractivity contribution in [2.24, 2.45) is 5.10 Å². The lowest BCUT2D eigenvalue weighted by atomic mass is 10.0. The number of phenols is 2. The highest BCUT2D eigenvalue weighted by Gasteiger charge is 2.07. The Hall–Kier alpha value is -3.53. The van der Waals surface area contributed by atoms with E-state index in [-0.39, 0.29) is 11.5 Å². The molecular weight excluding hydrogens is 324 g/mol. The van der Waals surface area contributed by atoms with E-state index in [2.05, 4.69) is 10.5 Å². The summed E-state index contributed by atoms with van der Waals surface area (Å²) in [6.07, 6.45) is 1.58. The number of hydrogen-bond acceptors (Lipinski definition) is 4. The molecule has 0 atom stereocenters. The third kappa shape index (κ3) is 2.93. The van der Waals surface area contributed by atoms with Crippen LogP contribution in [0.1, 0.15) is 11.1 Å². The highest BCUT2D eigenvalue weighted by molar-refractivity contribution is 6.02. The zero-order valence-corrected chi connectivity index (χ0v) is 13.9. The summed E-state index contributed by atoms with van der Waals surface area (Å²) in [5.74, 6) is 0.349. The molecule has 4 aromatic rings. The highest BCUT2D eigenvalue weighted by Crippen LogP contribution is 2.28. The smallest absolute Gasteiger partial charge is 0.125 e. The fourth-order valence-electron chi connectivity index (χ4n) is 3.06. The van der Waals surface area contributed by atoms with Gasteiger partial charge in [-0.05, 0) is 33.7 Å². The first-order valence-corrected chi connectivity index (χ1v) is 8.27. The van der Waals surface area contributed by atoms with E-state index in [0.717, 1.165) is 21.5 Å². The molecule has 0 fully saturated rings. The van der Waals surface area contributed by atoms with Crippen LogP contribution in [0.25, 0.3) is 21.5 Å². The zero-order chi connectivity index (χ0) is 17.9. The number of nitrogens with zero attached hydrogens (tertiary/aromatic N) is 1. The molecule has 4 heteroatoms. The van der Waals surface area contributed by atoms with Crippen molar-refractivity contribution in [3.05, 3.63) is 90.5 Å². The van der Waals surface area contributed by atoms with Crippen LogP contribution in [0.2, 0.25) is 0 Å². The van der Waals surface area contributed by atoms with Gasteiger partial charge in [0, 0.05) is 11.1 Å². The molecule has 0 aromatic heterocycles. The molecule has 26 heavy (non-hydrogen) atoms. The maximum Gasteiger partial charge on any atom is 0.125 e. The van der Waals surface area contributed by atoms with Crippen molar-refractivity contribution in [1.29, 1.82) is 0 Å². The number of rotatable bonds is 4. The molecule has 0 aliphatic carbocycles. The fraction of sp³-hybridized carbons (Fsp3) is 0. The van der Waals surface area contributed by atoms with Crippen LogP contribution in [0.15, 0.2) is 77.9 Å². The molecule has 127 valence electrons. The molecule has 0 amide bonds. The zero-order valence-electron chi connectivity index (χ0n) is 13.9. The van der Waals surface area contributed by atoms with Gasteiger partial charge in [-0.2, -0.15) is 5.10 Å².